The second-order valence-corrected chi connectivity index (χ2v) is 9.43. The lowest BCUT2D eigenvalue weighted by atomic mass is 9.54. The molecule has 29 heavy (non-hydrogen) atoms. The Hall–Kier alpha value is -2.19. The smallest absolute Gasteiger partial charge is 0.332 e. The predicted octanol–water partition coefficient (Wildman–Crippen LogP) is 0.299. The van der Waals surface area contributed by atoms with Crippen molar-refractivity contribution < 1.29 is 15.0 Å². The summed E-state index contributed by atoms with van der Waals surface area (Å²) in [4.78, 5) is 37.8. The molecule has 2 saturated carbocycles. The van der Waals surface area contributed by atoms with Gasteiger partial charge in [0.25, 0.3) is 5.56 Å². The zero-order valence-corrected chi connectivity index (χ0v) is 17.1. The molecule has 8 heteroatoms. The van der Waals surface area contributed by atoms with Crippen LogP contribution in [0.4, 0.5) is 5.82 Å². The molecule has 2 aliphatic carbocycles. The second-order valence-electron chi connectivity index (χ2n) is 9.43. The molecule has 0 saturated heterocycles. The highest BCUT2D eigenvalue weighted by Crippen LogP contribution is 2.55. The van der Waals surface area contributed by atoms with Gasteiger partial charge in [-0.2, -0.15) is 0 Å². The summed E-state index contributed by atoms with van der Waals surface area (Å²) >= 11 is 0. The van der Waals surface area contributed by atoms with Gasteiger partial charge in [0.05, 0.1) is 17.8 Å². The number of aliphatic hydroxyl groups excluding tert-OH is 2. The largest absolute Gasteiger partial charge is 0.393 e. The molecule has 0 aromatic carbocycles. The van der Waals surface area contributed by atoms with Gasteiger partial charge in [-0.1, -0.05) is 19.1 Å². The summed E-state index contributed by atoms with van der Waals surface area (Å²) in [6.07, 6.45) is 1.30. The van der Waals surface area contributed by atoms with Crippen LogP contribution in [0, 0.1) is 23.2 Å². The number of hydrogen-bond acceptors (Lipinski definition) is 5. The van der Waals surface area contributed by atoms with Crippen LogP contribution >= 0.6 is 0 Å². The van der Waals surface area contributed by atoms with Gasteiger partial charge in [-0.3, -0.25) is 18.7 Å². The zero-order valence-electron chi connectivity index (χ0n) is 17.1. The van der Waals surface area contributed by atoms with E-state index in [1.807, 2.05) is 0 Å². The highest BCUT2D eigenvalue weighted by atomic mass is 16.3. The van der Waals surface area contributed by atoms with Crippen molar-refractivity contribution in [1.29, 1.82) is 0 Å². The first-order valence-electron chi connectivity index (χ1n) is 10.2. The van der Waals surface area contributed by atoms with Gasteiger partial charge in [-0.15, -0.1) is 0 Å². The Labute approximate surface area is 168 Å². The molecule has 2 fully saturated rings. The van der Waals surface area contributed by atoms with Crippen LogP contribution in [-0.2, 0) is 25.3 Å². The third-order valence-corrected chi connectivity index (χ3v) is 7.49. The molecule has 2 heterocycles. The van der Waals surface area contributed by atoms with Crippen molar-refractivity contribution in [2.24, 2.45) is 37.3 Å². The molecule has 1 amide bonds. The minimum Gasteiger partial charge on any atom is -0.393 e. The highest BCUT2D eigenvalue weighted by molar-refractivity contribution is 5.95. The fourth-order valence-corrected chi connectivity index (χ4v) is 5.98. The molecule has 1 aliphatic heterocycles. The van der Waals surface area contributed by atoms with Gasteiger partial charge < -0.3 is 15.5 Å². The van der Waals surface area contributed by atoms with Crippen LogP contribution in [0.2, 0.25) is 0 Å². The first kappa shape index (κ1) is 20.1. The minimum atomic E-state index is -0.706. The van der Waals surface area contributed by atoms with E-state index in [4.69, 9.17) is 0 Å². The monoisotopic (exact) mass is 403 g/mol. The van der Waals surface area contributed by atoms with E-state index in [2.05, 4.69) is 18.8 Å². The fourth-order valence-electron chi connectivity index (χ4n) is 5.98. The summed E-state index contributed by atoms with van der Waals surface area (Å²) in [5, 5.41) is 23.9. The Morgan fingerprint density at radius 1 is 1.10 bits per heavy atom. The molecule has 8 nitrogen and oxygen atoms in total. The van der Waals surface area contributed by atoms with Crippen molar-refractivity contribution in [3.8, 4) is 0 Å². The van der Waals surface area contributed by atoms with E-state index in [1.54, 1.807) is 0 Å². The van der Waals surface area contributed by atoms with Crippen LogP contribution in [0.3, 0.4) is 0 Å². The SMILES string of the molecule is C=C1C[C@H](O)C[C@]2(C)C[C@@H](O)[C@@H]([C@@H]3Cc4c(n(C)c(=O)n(C)c4=O)NC3=O)CC12. The number of rotatable bonds is 1. The quantitative estimate of drug-likeness (QED) is 0.584. The van der Waals surface area contributed by atoms with Gasteiger partial charge in [0.1, 0.15) is 5.82 Å². The van der Waals surface area contributed by atoms with Crippen LogP contribution in [-0.4, -0.2) is 37.5 Å². The Balaban J connectivity index is 1.68. The number of hydrogen-bond donors (Lipinski definition) is 3. The van der Waals surface area contributed by atoms with E-state index in [-0.39, 0.29) is 35.4 Å². The molecule has 3 N–H and O–H groups in total. The summed E-state index contributed by atoms with van der Waals surface area (Å²) in [5.41, 5.74) is 0.232. The maximum Gasteiger partial charge on any atom is 0.332 e. The van der Waals surface area contributed by atoms with Gasteiger partial charge in [-0.05, 0) is 49.4 Å². The zero-order chi connectivity index (χ0) is 21.2. The number of aliphatic hydroxyl groups is 2. The van der Waals surface area contributed by atoms with Gasteiger partial charge in [0, 0.05) is 20.0 Å². The molecule has 158 valence electrons. The van der Waals surface area contributed by atoms with Crippen molar-refractivity contribution in [2.45, 2.75) is 51.2 Å². The molecular weight excluding hydrogens is 374 g/mol. The number of carbonyl (C=O) groups excluding carboxylic acids is 1. The number of aromatic nitrogens is 2. The van der Waals surface area contributed by atoms with Crippen LogP contribution in [0.1, 0.15) is 38.2 Å². The maximum atomic E-state index is 12.9. The Kier molecular flexibility index (Phi) is 4.62. The lowest BCUT2D eigenvalue weighted by Crippen LogP contribution is -2.53. The van der Waals surface area contributed by atoms with E-state index in [9.17, 15) is 24.6 Å². The number of fused-ring (bicyclic) bond motifs is 2. The molecular formula is C21H29N3O5. The average molecular weight is 403 g/mol. The molecule has 1 unspecified atom stereocenters. The first-order valence-corrected chi connectivity index (χ1v) is 10.2. The highest BCUT2D eigenvalue weighted by Gasteiger charge is 2.52. The van der Waals surface area contributed by atoms with Gasteiger partial charge in [0.2, 0.25) is 5.91 Å². The second kappa shape index (κ2) is 6.67. The third kappa shape index (κ3) is 3.00. The Morgan fingerprint density at radius 3 is 2.48 bits per heavy atom. The minimum absolute atomic E-state index is 0.122. The van der Waals surface area contributed by atoms with Crippen molar-refractivity contribution in [3.63, 3.8) is 0 Å². The standard InChI is InChI=1S/C21H29N3O5/c1-10-5-11(25)8-21(2)9-16(26)12(7-15(10)21)13-6-14-17(22-18(13)27)23(3)20(29)24(4)19(14)28/h11-13,15-16,25-26H,1,5-9H2,2-4H3,(H,22,27)/t11-,12+,13-,15?,16+,21+/m0/s1. The summed E-state index contributed by atoms with van der Waals surface area (Å²) in [6.45, 7) is 6.24. The molecule has 1 aromatic rings. The number of anilines is 1. The lowest BCUT2D eigenvalue weighted by molar-refractivity contribution is -0.129. The summed E-state index contributed by atoms with van der Waals surface area (Å²) < 4.78 is 2.33. The van der Waals surface area contributed by atoms with Crippen LogP contribution in [0.15, 0.2) is 21.7 Å². The average Bonchev–Trinajstić information content (AvgIpc) is 2.63. The first-order chi connectivity index (χ1) is 13.5. The van der Waals surface area contributed by atoms with Crippen molar-refractivity contribution >= 4 is 11.7 Å². The molecule has 0 radical (unpaired) electrons. The number of amides is 1. The topological polar surface area (TPSA) is 114 Å². The number of nitrogens with one attached hydrogen (secondary N) is 1. The summed E-state index contributed by atoms with van der Waals surface area (Å²) in [7, 11) is 2.95. The lowest BCUT2D eigenvalue weighted by Gasteiger charge is -2.53. The van der Waals surface area contributed by atoms with E-state index in [0.29, 0.717) is 31.2 Å². The van der Waals surface area contributed by atoms with Crippen LogP contribution in [0.5, 0.6) is 0 Å². The molecule has 4 rings (SSSR count). The number of carbonyl (C=O) groups is 1. The fraction of sp³-hybridized carbons (Fsp3) is 0.667. The molecule has 6 atom stereocenters. The Morgan fingerprint density at radius 2 is 1.79 bits per heavy atom. The molecule has 3 aliphatic rings. The molecule has 1 aromatic heterocycles. The van der Waals surface area contributed by atoms with Crippen molar-refractivity contribution in [3.05, 3.63) is 38.6 Å². The van der Waals surface area contributed by atoms with Gasteiger partial charge >= 0.3 is 5.69 Å². The van der Waals surface area contributed by atoms with E-state index >= 15 is 0 Å². The molecule has 0 spiro atoms. The van der Waals surface area contributed by atoms with Crippen molar-refractivity contribution in [1.82, 2.24) is 9.13 Å². The Bertz CT molecular complexity index is 1010. The maximum absolute atomic E-state index is 12.9. The van der Waals surface area contributed by atoms with E-state index in [0.717, 1.165) is 10.1 Å². The molecule has 0 bridgehead atoms. The third-order valence-electron chi connectivity index (χ3n) is 7.49. The van der Waals surface area contributed by atoms with Gasteiger partial charge in [-0.25, -0.2) is 4.79 Å². The van der Waals surface area contributed by atoms with Crippen LogP contribution < -0.4 is 16.6 Å². The number of nitrogens with zero attached hydrogens (tertiary/aromatic N) is 2. The normalized spacial score (nSPS) is 36.9. The van der Waals surface area contributed by atoms with Crippen molar-refractivity contribution in [2.75, 3.05) is 5.32 Å². The predicted molar refractivity (Wildman–Crippen MR) is 107 cm³/mol. The van der Waals surface area contributed by atoms with E-state index in [1.165, 1.54) is 18.7 Å². The van der Waals surface area contributed by atoms with E-state index < -0.39 is 29.4 Å². The van der Waals surface area contributed by atoms with Crippen LogP contribution in [0.25, 0.3) is 0 Å². The summed E-state index contributed by atoms with van der Waals surface area (Å²) in [5.74, 6) is -0.756. The summed E-state index contributed by atoms with van der Waals surface area (Å²) in [6, 6.07) is 0. The van der Waals surface area contributed by atoms with Gasteiger partial charge in [0.15, 0.2) is 0 Å².